The van der Waals surface area contributed by atoms with Gasteiger partial charge in [-0.25, -0.2) is 8.42 Å². The lowest BCUT2D eigenvalue weighted by atomic mass is 10.2. The minimum Gasteiger partial charge on any atom is -0.486 e. The second-order valence-electron chi connectivity index (χ2n) is 7.85. The van der Waals surface area contributed by atoms with E-state index in [0.717, 1.165) is 25.7 Å². The van der Waals surface area contributed by atoms with Gasteiger partial charge in [-0.15, -0.1) is 0 Å². The van der Waals surface area contributed by atoms with Crippen molar-refractivity contribution in [1.29, 1.82) is 0 Å². The van der Waals surface area contributed by atoms with Crippen LogP contribution in [-0.4, -0.2) is 39.7 Å². The van der Waals surface area contributed by atoms with E-state index in [4.69, 9.17) is 25.5 Å². The number of oxazole rings is 1. The highest BCUT2D eigenvalue weighted by Crippen LogP contribution is 2.39. The van der Waals surface area contributed by atoms with Crippen LogP contribution < -0.4 is 14.4 Å². The Labute approximate surface area is 191 Å². The highest BCUT2D eigenvalue weighted by Gasteiger charge is 2.32. The van der Waals surface area contributed by atoms with Crippen LogP contribution in [0.25, 0.3) is 11.5 Å². The zero-order valence-electron chi connectivity index (χ0n) is 17.4. The molecule has 3 heterocycles. The lowest BCUT2D eigenvalue weighted by molar-refractivity contribution is 0.171. The Morgan fingerprint density at radius 3 is 2.41 bits per heavy atom. The Hall–Kier alpha value is -2.71. The standard InChI is InChI=1S/C23H23ClN2O5S/c24-17-7-5-6-16(14-17)21-25-22(23(31-21)26-10-3-1-2-4-11-26)32(27,28)18-8-9-19-20(15-18)30-13-12-29-19/h5-9,14-15H,1-4,10-13H2. The first kappa shape index (κ1) is 21.2. The van der Waals surface area contributed by atoms with Crippen molar-refractivity contribution in [3.8, 4) is 23.0 Å². The lowest BCUT2D eigenvalue weighted by Crippen LogP contribution is -2.25. The molecule has 0 aliphatic carbocycles. The van der Waals surface area contributed by atoms with Gasteiger partial charge in [0.05, 0.1) is 4.90 Å². The highest BCUT2D eigenvalue weighted by molar-refractivity contribution is 7.91. The molecule has 0 atom stereocenters. The van der Waals surface area contributed by atoms with E-state index in [1.54, 1.807) is 30.3 Å². The lowest BCUT2D eigenvalue weighted by Gasteiger charge is -2.21. The zero-order valence-corrected chi connectivity index (χ0v) is 19.0. The van der Waals surface area contributed by atoms with Crippen LogP contribution in [-0.2, 0) is 9.84 Å². The molecule has 32 heavy (non-hydrogen) atoms. The fourth-order valence-electron chi connectivity index (χ4n) is 3.99. The first-order valence-electron chi connectivity index (χ1n) is 10.7. The van der Waals surface area contributed by atoms with Gasteiger partial charge in [-0.05, 0) is 43.2 Å². The minimum atomic E-state index is -3.98. The number of ether oxygens (including phenoxy) is 2. The summed E-state index contributed by atoms with van der Waals surface area (Å²) in [7, 11) is -3.98. The molecule has 1 aromatic heterocycles. The second kappa shape index (κ2) is 8.67. The minimum absolute atomic E-state index is 0.0868. The van der Waals surface area contributed by atoms with Crippen LogP contribution in [0.2, 0.25) is 5.02 Å². The quantitative estimate of drug-likeness (QED) is 0.527. The number of benzene rings is 2. The third kappa shape index (κ3) is 4.04. The molecule has 2 aliphatic heterocycles. The molecule has 0 saturated carbocycles. The number of hydrogen-bond donors (Lipinski definition) is 0. The molecule has 5 rings (SSSR count). The van der Waals surface area contributed by atoms with Gasteiger partial charge in [0, 0.05) is 29.7 Å². The van der Waals surface area contributed by atoms with Crippen LogP contribution in [0.3, 0.4) is 0 Å². The zero-order chi connectivity index (χ0) is 22.1. The van der Waals surface area contributed by atoms with Crippen molar-refractivity contribution in [3.63, 3.8) is 0 Å². The van der Waals surface area contributed by atoms with Crippen LogP contribution in [0.4, 0.5) is 5.88 Å². The van der Waals surface area contributed by atoms with E-state index in [1.165, 1.54) is 12.1 Å². The Kier molecular flexibility index (Phi) is 5.73. The van der Waals surface area contributed by atoms with Crippen molar-refractivity contribution < 1.29 is 22.3 Å². The molecular formula is C23H23ClN2O5S. The van der Waals surface area contributed by atoms with Gasteiger partial charge in [-0.2, -0.15) is 4.98 Å². The van der Waals surface area contributed by atoms with Gasteiger partial charge in [-0.1, -0.05) is 30.5 Å². The molecule has 0 amide bonds. The molecule has 0 unspecified atom stereocenters. The number of sulfone groups is 1. The Morgan fingerprint density at radius 1 is 0.906 bits per heavy atom. The summed E-state index contributed by atoms with van der Waals surface area (Å²) in [6.07, 6.45) is 4.15. The average Bonchev–Trinajstić information content (AvgIpc) is 3.09. The van der Waals surface area contributed by atoms with Gasteiger partial charge in [0.15, 0.2) is 11.5 Å². The first-order chi connectivity index (χ1) is 15.5. The molecule has 1 saturated heterocycles. The number of rotatable bonds is 4. The monoisotopic (exact) mass is 474 g/mol. The molecule has 1 fully saturated rings. The van der Waals surface area contributed by atoms with Gasteiger partial charge in [0.2, 0.25) is 26.6 Å². The number of anilines is 1. The summed E-state index contributed by atoms with van der Waals surface area (Å²) < 4.78 is 44.6. The average molecular weight is 475 g/mol. The van der Waals surface area contributed by atoms with Crippen molar-refractivity contribution in [2.45, 2.75) is 35.6 Å². The summed E-state index contributed by atoms with van der Waals surface area (Å²) in [5.74, 6) is 1.44. The maximum absolute atomic E-state index is 13.7. The predicted molar refractivity (Wildman–Crippen MR) is 121 cm³/mol. The Balaban J connectivity index is 1.62. The van der Waals surface area contributed by atoms with Crippen LogP contribution in [0.1, 0.15) is 25.7 Å². The number of nitrogens with zero attached hydrogens (tertiary/aromatic N) is 2. The molecule has 0 N–H and O–H groups in total. The molecule has 9 heteroatoms. The van der Waals surface area contributed by atoms with E-state index in [9.17, 15) is 8.42 Å². The van der Waals surface area contributed by atoms with Crippen LogP contribution in [0.15, 0.2) is 56.8 Å². The Bertz CT molecular complexity index is 1230. The third-order valence-corrected chi connectivity index (χ3v) is 7.51. The molecule has 0 radical (unpaired) electrons. The summed E-state index contributed by atoms with van der Waals surface area (Å²) in [6, 6.07) is 11.7. The molecule has 2 aliphatic rings. The van der Waals surface area contributed by atoms with Crippen molar-refractivity contribution in [3.05, 3.63) is 47.5 Å². The number of hydrogen-bond acceptors (Lipinski definition) is 7. The molecule has 168 valence electrons. The SMILES string of the molecule is O=S(=O)(c1ccc2c(c1)OCCO2)c1nc(-c2cccc(Cl)c2)oc1N1CCCCCC1. The molecular weight excluding hydrogens is 452 g/mol. The summed E-state index contributed by atoms with van der Waals surface area (Å²) in [6.45, 7) is 2.24. The molecule has 0 bridgehead atoms. The molecule has 2 aromatic carbocycles. The smallest absolute Gasteiger partial charge is 0.236 e. The van der Waals surface area contributed by atoms with Gasteiger partial charge in [0.25, 0.3) is 0 Å². The van der Waals surface area contributed by atoms with Crippen LogP contribution in [0.5, 0.6) is 11.5 Å². The topological polar surface area (TPSA) is 81.9 Å². The van der Waals surface area contributed by atoms with E-state index in [0.29, 0.717) is 48.4 Å². The Morgan fingerprint density at radius 2 is 1.66 bits per heavy atom. The van der Waals surface area contributed by atoms with Gasteiger partial charge in [0.1, 0.15) is 13.2 Å². The van der Waals surface area contributed by atoms with Gasteiger partial charge in [-0.3, -0.25) is 0 Å². The van der Waals surface area contributed by atoms with Gasteiger partial charge >= 0.3 is 0 Å². The third-order valence-electron chi connectivity index (χ3n) is 5.62. The molecule has 0 spiro atoms. The van der Waals surface area contributed by atoms with Crippen molar-refractivity contribution in [1.82, 2.24) is 4.98 Å². The van der Waals surface area contributed by atoms with E-state index < -0.39 is 9.84 Å². The van der Waals surface area contributed by atoms with Crippen molar-refractivity contribution in [2.75, 3.05) is 31.2 Å². The molecule has 7 nitrogen and oxygen atoms in total. The summed E-state index contributed by atoms with van der Waals surface area (Å²) in [5.41, 5.74) is 0.622. The largest absolute Gasteiger partial charge is 0.486 e. The van der Waals surface area contributed by atoms with Gasteiger partial charge < -0.3 is 18.8 Å². The van der Waals surface area contributed by atoms with E-state index in [2.05, 4.69) is 4.98 Å². The van der Waals surface area contributed by atoms with E-state index in [-0.39, 0.29) is 21.7 Å². The molecule has 3 aromatic rings. The van der Waals surface area contributed by atoms with Crippen LogP contribution in [0, 0.1) is 0 Å². The first-order valence-corrected chi connectivity index (χ1v) is 12.5. The van der Waals surface area contributed by atoms with Crippen molar-refractivity contribution >= 4 is 27.3 Å². The summed E-state index contributed by atoms with van der Waals surface area (Å²) in [5, 5.41) is 0.430. The predicted octanol–water partition coefficient (Wildman–Crippen LogP) is 4.98. The number of fused-ring (bicyclic) bond motifs is 1. The second-order valence-corrected chi connectivity index (χ2v) is 10.2. The van der Waals surface area contributed by atoms with E-state index >= 15 is 0 Å². The van der Waals surface area contributed by atoms with Crippen molar-refractivity contribution in [2.24, 2.45) is 0 Å². The summed E-state index contributed by atoms with van der Waals surface area (Å²) >= 11 is 6.14. The fourth-order valence-corrected chi connectivity index (χ4v) is 5.52. The fraction of sp³-hybridized carbons (Fsp3) is 0.348. The highest BCUT2D eigenvalue weighted by atomic mass is 35.5. The summed E-state index contributed by atoms with van der Waals surface area (Å²) in [4.78, 5) is 6.53. The number of aromatic nitrogens is 1. The van der Waals surface area contributed by atoms with E-state index in [1.807, 2.05) is 4.90 Å². The normalized spacial score (nSPS) is 16.6. The maximum Gasteiger partial charge on any atom is 0.236 e. The maximum atomic E-state index is 13.7. The van der Waals surface area contributed by atoms with Crippen LogP contribution >= 0.6 is 11.6 Å². The number of halogens is 1.